The molecule has 178 valence electrons. The quantitative estimate of drug-likeness (QED) is 0.274. The lowest BCUT2D eigenvalue weighted by molar-refractivity contribution is -0.141. The maximum absolute atomic E-state index is 11.1. The minimum absolute atomic E-state index is 0.0337. The van der Waals surface area contributed by atoms with Crippen molar-refractivity contribution in [1.82, 2.24) is 5.32 Å². The predicted molar refractivity (Wildman–Crippen MR) is 127 cm³/mol. The molecule has 1 unspecified atom stereocenters. The van der Waals surface area contributed by atoms with Crippen molar-refractivity contribution < 1.29 is 19.1 Å². The maximum atomic E-state index is 11.1. The smallest absolute Gasteiger partial charge is 0.407 e. The molecule has 1 aromatic carbocycles. The molecular weight excluding hydrogens is 416 g/mol. The van der Waals surface area contributed by atoms with Gasteiger partial charge >= 0.3 is 12.1 Å². The van der Waals surface area contributed by atoms with Crippen LogP contribution in [0.4, 0.5) is 4.79 Å². The number of esters is 1. The molecule has 3 N–H and O–H groups in total. The van der Waals surface area contributed by atoms with Crippen LogP contribution in [0.2, 0.25) is 5.02 Å². The van der Waals surface area contributed by atoms with Gasteiger partial charge in [-0.25, -0.2) is 4.79 Å². The van der Waals surface area contributed by atoms with Gasteiger partial charge in [0.05, 0.1) is 19.6 Å². The summed E-state index contributed by atoms with van der Waals surface area (Å²) in [6.45, 7) is 6.69. The molecule has 0 saturated carbocycles. The molecule has 0 aromatic heterocycles. The SMILES string of the molecule is CCCCCCCCCCNC(=O)OC(C)C.COC(=O)CC(N)c1ccc(Cl)cc1. The number of hydrogen-bond acceptors (Lipinski definition) is 5. The van der Waals surface area contributed by atoms with E-state index in [0.29, 0.717) is 5.02 Å². The zero-order valence-electron chi connectivity index (χ0n) is 19.6. The molecule has 0 aliphatic carbocycles. The van der Waals surface area contributed by atoms with Crippen LogP contribution in [-0.4, -0.2) is 31.8 Å². The number of rotatable bonds is 13. The molecule has 0 radical (unpaired) electrons. The van der Waals surface area contributed by atoms with Gasteiger partial charge in [-0.15, -0.1) is 0 Å². The van der Waals surface area contributed by atoms with E-state index in [1.165, 1.54) is 52.1 Å². The van der Waals surface area contributed by atoms with Gasteiger partial charge in [-0.1, -0.05) is 75.6 Å². The Hall–Kier alpha value is -1.79. The molecule has 1 atom stereocenters. The Kier molecular flexibility index (Phi) is 17.8. The number of unbranched alkanes of at least 4 members (excludes halogenated alkanes) is 7. The summed E-state index contributed by atoms with van der Waals surface area (Å²) in [4.78, 5) is 22.1. The third kappa shape index (κ3) is 17.6. The Morgan fingerprint density at radius 1 is 1.00 bits per heavy atom. The van der Waals surface area contributed by atoms with E-state index >= 15 is 0 Å². The van der Waals surface area contributed by atoms with Gasteiger partial charge in [0.2, 0.25) is 0 Å². The standard InChI is InChI=1S/C14H29NO2.C10H12ClNO2/c1-4-5-6-7-8-9-10-11-12-15-14(16)17-13(2)3;1-14-10(13)6-9(12)7-2-4-8(11)5-3-7/h13H,4-12H2,1-3H3,(H,15,16);2-5,9H,6,12H2,1H3. The predicted octanol–water partition coefficient (Wildman–Crippen LogP) is 6.16. The van der Waals surface area contributed by atoms with Gasteiger partial charge in [-0.2, -0.15) is 0 Å². The van der Waals surface area contributed by atoms with Gasteiger partial charge in [0.15, 0.2) is 0 Å². The summed E-state index contributed by atoms with van der Waals surface area (Å²) in [5.41, 5.74) is 6.65. The van der Waals surface area contributed by atoms with E-state index in [1.807, 2.05) is 13.8 Å². The topological polar surface area (TPSA) is 90.6 Å². The number of carbonyl (C=O) groups excluding carboxylic acids is 2. The first kappa shape index (κ1) is 29.2. The number of benzene rings is 1. The van der Waals surface area contributed by atoms with Gasteiger partial charge in [-0.3, -0.25) is 4.79 Å². The highest BCUT2D eigenvalue weighted by molar-refractivity contribution is 6.30. The minimum atomic E-state index is -0.334. The highest BCUT2D eigenvalue weighted by Gasteiger charge is 2.11. The summed E-state index contributed by atoms with van der Waals surface area (Å²) in [6.07, 6.45) is 10.1. The highest BCUT2D eigenvalue weighted by Crippen LogP contribution is 2.17. The number of carbonyl (C=O) groups is 2. The number of hydrogen-bond donors (Lipinski definition) is 2. The van der Waals surface area contributed by atoms with E-state index in [9.17, 15) is 9.59 Å². The number of amides is 1. The molecule has 1 aromatic rings. The van der Waals surface area contributed by atoms with Gasteiger partial charge in [0, 0.05) is 17.6 Å². The van der Waals surface area contributed by atoms with Crippen molar-refractivity contribution in [2.75, 3.05) is 13.7 Å². The molecule has 0 heterocycles. The fraction of sp³-hybridized carbons (Fsp3) is 0.667. The number of methoxy groups -OCH3 is 1. The number of halogens is 1. The van der Waals surface area contributed by atoms with Gasteiger partial charge in [0.25, 0.3) is 0 Å². The van der Waals surface area contributed by atoms with Gasteiger partial charge in [-0.05, 0) is 38.0 Å². The Balaban J connectivity index is 0.000000590. The average molecular weight is 457 g/mol. The molecule has 0 spiro atoms. The van der Waals surface area contributed by atoms with Crippen LogP contribution in [0.25, 0.3) is 0 Å². The van der Waals surface area contributed by atoms with Crippen LogP contribution in [0.3, 0.4) is 0 Å². The van der Waals surface area contributed by atoms with Crippen molar-refractivity contribution in [3.05, 3.63) is 34.9 Å². The number of nitrogens with two attached hydrogens (primary N) is 1. The number of nitrogens with one attached hydrogen (secondary N) is 1. The number of alkyl carbamates (subject to hydrolysis) is 1. The van der Waals surface area contributed by atoms with Gasteiger partial charge in [0.1, 0.15) is 0 Å². The van der Waals surface area contributed by atoms with Crippen molar-refractivity contribution in [1.29, 1.82) is 0 Å². The van der Waals surface area contributed by atoms with E-state index in [0.717, 1.165) is 18.5 Å². The van der Waals surface area contributed by atoms with E-state index in [2.05, 4.69) is 17.0 Å². The molecule has 31 heavy (non-hydrogen) atoms. The van der Waals surface area contributed by atoms with Crippen molar-refractivity contribution in [3.8, 4) is 0 Å². The van der Waals surface area contributed by atoms with Crippen LogP contribution in [0.5, 0.6) is 0 Å². The van der Waals surface area contributed by atoms with Crippen LogP contribution < -0.4 is 11.1 Å². The van der Waals surface area contributed by atoms with Crippen molar-refractivity contribution in [2.45, 2.75) is 90.7 Å². The van der Waals surface area contributed by atoms with Crippen LogP contribution >= 0.6 is 11.6 Å². The summed E-state index contributed by atoms with van der Waals surface area (Å²) in [6, 6.07) is 6.76. The Morgan fingerprint density at radius 3 is 2.06 bits per heavy atom. The average Bonchev–Trinajstić information content (AvgIpc) is 2.72. The van der Waals surface area contributed by atoms with Crippen LogP contribution in [0.1, 0.15) is 90.2 Å². The first-order valence-electron chi connectivity index (χ1n) is 11.3. The second-order valence-electron chi connectivity index (χ2n) is 7.79. The highest BCUT2D eigenvalue weighted by atomic mass is 35.5. The molecule has 1 rings (SSSR count). The van der Waals surface area contributed by atoms with E-state index in [4.69, 9.17) is 22.1 Å². The summed E-state index contributed by atoms with van der Waals surface area (Å²) >= 11 is 5.72. The van der Waals surface area contributed by atoms with Crippen LogP contribution in [0.15, 0.2) is 24.3 Å². The summed E-state index contributed by atoms with van der Waals surface area (Å²) in [7, 11) is 1.34. The van der Waals surface area contributed by atoms with Crippen LogP contribution in [0, 0.1) is 0 Å². The second kappa shape index (κ2) is 18.9. The molecule has 0 aliphatic rings. The maximum Gasteiger partial charge on any atom is 0.407 e. The molecule has 6 nitrogen and oxygen atoms in total. The fourth-order valence-electron chi connectivity index (χ4n) is 2.80. The monoisotopic (exact) mass is 456 g/mol. The third-order valence-corrected chi connectivity index (χ3v) is 4.81. The zero-order valence-corrected chi connectivity index (χ0v) is 20.4. The molecule has 1 amide bonds. The van der Waals surface area contributed by atoms with E-state index < -0.39 is 0 Å². The molecular formula is C24H41ClN2O4. The summed E-state index contributed by atoms with van der Waals surface area (Å²) in [5, 5.41) is 3.42. The zero-order chi connectivity index (χ0) is 23.5. The molecule has 0 fully saturated rings. The third-order valence-electron chi connectivity index (χ3n) is 4.55. The lowest BCUT2D eigenvalue weighted by Crippen LogP contribution is -2.27. The van der Waals surface area contributed by atoms with Gasteiger partial charge < -0.3 is 20.5 Å². The Morgan fingerprint density at radius 2 is 1.55 bits per heavy atom. The molecule has 0 aliphatic heterocycles. The molecule has 7 heteroatoms. The first-order chi connectivity index (χ1) is 14.8. The van der Waals surface area contributed by atoms with E-state index in [-0.39, 0.29) is 30.6 Å². The lowest BCUT2D eigenvalue weighted by atomic mass is 10.1. The van der Waals surface area contributed by atoms with Crippen LogP contribution in [-0.2, 0) is 14.3 Å². The van der Waals surface area contributed by atoms with Crippen molar-refractivity contribution in [2.24, 2.45) is 5.73 Å². The Bertz CT molecular complexity index is 594. The first-order valence-corrected chi connectivity index (χ1v) is 11.7. The fourth-order valence-corrected chi connectivity index (χ4v) is 2.92. The van der Waals surface area contributed by atoms with Crippen molar-refractivity contribution in [3.63, 3.8) is 0 Å². The summed E-state index contributed by atoms with van der Waals surface area (Å²) in [5.74, 6) is -0.313. The summed E-state index contributed by atoms with van der Waals surface area (Å²) < 4.78 is 9.49. The minimum Gasteiger partial charge on any atom is -0.469 e. The normalized spacial score (nSPS) is 11.3. The molecule has 0 saturated heterocycles. The second-order valence-corrected chi connectivity index (χ2v) is 8.23. The largest absolute Gasteiger partial charge is 0.469 e. The van der Waals surface area contributed by atoms with Crippen molar-refractivity contribution >= 4 is 23.7 Å². The van der Waals surface area contributed by atoms with E-state index in [1.54, 1.807) is 24.3 Å². The number of ether oxygens (including phenoxy) is 2. The molecule has 0 bridgehead atoms. The Labute approximate surface area is 193 Å². The lowest BCUT2D eigenvalue weighted by Gasteiger charge is -2.10.